The number of nitrogens with zero attached hydrogens (tertiary/aromatic N) is 12. The molecule has 0 aromatic carbocycles. The molecule has 0 fully saturated rings. The van der Waals surface area contributed by atoms with Gasteiger partial charge in [-0.25, -0.2) is 59.8 Å². The molecule has 23 nitrogen and oxygen atoms in total. The number of aromatic amines is 2. The Hall–Kier alpha value is -6.57. The van der Waals surface area contributed by atoms with Gasteiger partial charge in [0, 0.05) is 149 Å². The molecule has 0 aliphatic rings. The molecule has 0 bridgehead atoms. The predicted molar refractivity (Wildman–Crippen MR) is 510 cm³/mol. The molecule has 14 aromatic heterocycles. The van der Waals surface area contributed by atoms with Gasteiger partial charge in [-0.3, -0.25) is 14.4 Å². The van der Waals surface area contributed by atoms with E-state index in [-0.39, 0.29) is 64.4 Å². The van der Waals surface area contributed by atoms with E-state index in [1.807, 2.05) is 6.92 Å². The number of H-pyrrole nitrogens is 2. The van der Waals surface area contributed by atoms with Crippen LogP contribution < -0.4 is 47.0 Å². The van der Waals surface area contributed by atoms with E-state index in [4.69, 9.17) is 116 Å². The van der Waals surface area contributed by atoms with Crippen molar-refractivity contribution in [3.8, 4) is 23.5 Å². The molecule has 0 aliphatic heterocycles. The number of allylic oxidation sites excluding steroid dienone is 1. The van der Waals surface area contributed by atoms with E-state index in [9.17, 15) is 19.5 Å². The standard InChI is InChI=1S/C13H13ClN2O2.C12H13ClN2O2.C11H9ClN2O2.C9H6BrClN2O.C8H3BrCl2N2.C8H4BrClN2O.C8H5ClN2O.3C4H9.C3H5.CH3.BrH.Mg.Sn/c1-4-18-8(2)10-6-16-13(17-3)11-7-15-12(14)5-9(10)11;1-12(2,16)9-6-15-11(17-3)8-5-14-10(13)4-7(8)9;1-6(15)8-4-14-11(16-2)9-5-13-10(12)3-7(8)9;1-14-9-6-3-12-8(11)2-5(6)7(10)4-13-9;9-6-3-13-8(11)5-2-12-7(10)1-4(5)6;9-6-3-12-8(13)5-2-11-7(10)1-4(5)6;9-7-3-5-1-2-10-8(12)6(5)4-11-7;3*1-3-4-2;1-3-2;;;;/h5-7H,2,4H2,1,3H3;4-6,16H,1-3H3;3-5H,1-2H3;2-4H,1H3;1-3H;1-3H,(H,12,13);1-4H,(H,10,12);3*1,3-4H2,2H3;1H2,2H3;1H3;1H;;/q;;;;;;;;;;;-1;;+2;/p-1. The first-order valence-electron chi connectivity index (χ1n) is 36.7. The number of carbonyl (C=O) groups excluding carboxylic acids is 1. The van der Waals surface area contributed by atoms with Gasteiger partial charge in [0.15, 0.2) is 5.78 Å². The fraction of sp³-hybridized carbons (Fsp3) is 0.271. The van der Waals surface area contributed by atoms with Gasteiger partial charge in [-0.2, -0.15) is 0 Å². The molecule has 0 unspecified atom stereocenters. The van der Waals surface area contributed by atoms with Crippen LogP contribution in [0.25, 0.3) is 81.2 Å². The normalized spacial score (nSPS) is 10.6. The molecular formula is C85H88Br4Cl8MgN14O9Sn. The molecule has 37 heteroatoms. The average molecular weight is 2200 g/mol. The summed E-state index contributed by atoms with van der Waals surface area (Å²) in [5.74, 6) is 2.44. The van der Waals surface area contributed by atoms with Gasteiger partial charge in [-0.15, -0.1) is 0 Å². The number of halogens is 12. The van der Waals surface area contributed by atoms with Crippen molar-refractivity contribution < 1.29 is 50.6 Å². The van der Waals surface area contributed by atoms with Gasteiger partial charge < -0.3 is 63.2 Å². The maximum absolute atomic E-state index is 11.4. The zero-order chi connectivity index (χ0) is 87.4. The van der Waals surface area contributed by atoms with Crippen LogP contribution in [-0.2, 0) is 10.3 Å². The number of unbranched alkanes of at least 4 members (excludes halogenated alkanes) is 3. The molecule has 3 N–H and O–H groups in total. The summed E-state index contributed by atoms with van der Waals surface area (Å²) >= 11 is 54.5. The Kier molecular flexibility index (Phi) is 46.4. The number of aliphatic hydroxyl groups is 1. The summed E-state index contributed by atoms with van der Waals surface area (Å²) in [6, 6.07) is 13.7. The van der Waals surface area contributed by atoms with Crippen molar-refractivity contribution in [3.63, 3.8) is 0 Å². The number of pyridine rings is 14. The maximum Gasteiger partial charge on any atom is 2.00 e. The first-order chi connectivity index (χ1) is 56.7. The number of carbonyl (C=O) groups is 1. The van der Waals surface area contributed by atoms with Crippen LogP contribution in [0.2, 0.25) is 54.5 Å². The van der Waals surface area contributed by atoms with Crippen LogP contribution in [0.3, 0.4) is 0 Å². The Labute approximate surface area is 803 Å². The Bertz CT molecular complexity index is 6040. The number of ketones is 1. The second kappa shape index (κ2) is 52.5. The number of rotatable bonds is 19. The summed E-state index contributed by atoms with van der Waals surface area (Å²) in [7, 11) is 6.20. The minimum Gasteiger partial charge on any atom is -1.00 e. The molecule has 122 heavy (non-hydrogen) atoms. The number of aromatic nitrogens is 14. The van der Waals surface area contributed by atoms with Crippen LogP contribution in [-0.4, -0.2) is 157 Å². The molecule has 0 aliphatic carbocycles. The third kappa shape index (κ3) is 30.1. The molecule has 14 rings (SSSR count). The van der Waals surface area contributed by atoms with E-state index in [0.717, 1.165) is 72.8 Å². The topological polar surface area (TPSA) is 304 Å². The molecule has 14 heterocycles. The van der Waals surface area contributed by atoms with Crippen LogP contribution in [0, 0.1) is 7.43 Å². The van der Waals surface area contributed by atoms with E-state index in [2.05, 4.69) is 158 Å². The fourth-order valence-corrected chi connectivity index (χ4v) is 29.2. The minimum absolute atomic E-state index is 0. The Morgan fingerprint density at radius 2 is 0.795 bits per heavy atom. The van der Waals surface area contributed by atoms with Crippen LogP contribution in [0.1, 0.15) is 115 Å². The quantitative estimate of drug-likeness (QED) is 0.0223. The number of hydrogen-bond acceptors (Lipinski definition) is 21. The number of fused-ring (bicyclic) bond motifs is 7. The first kappa shape index (κ1) is 108. The second-order valence-electron chi connectivity index (χ2n) is 26.6. The molecule has 0 spiro atoms. The van der Waals surface area contributed by atoms with E-state index < -0.39 is 24.0 Å². The van der Waals surface area contributed by atoms with Gasteiger partial charge in [0.25, 0.3) is 11.1 Å². The Morgan fingerprint density at radius 3 is 1.22 bits per heavy atom. The van der Waals surface area contributed by atoms with E-state index in [0.29, 0.717) is 110 Å². The van der Waals surface area contributed by atoms with Crippen LogP contribution in [0.4, 0.5) is 0 Å². The first-order valence-corrected chi connectivity index (χ1v) is 49.6. The number of hydrogen-bond donors (Lipinski definition) is 3. The van der Waals surface area contributed by atoms with Crippen LogP contribution in [0.15, 0.2) is 175 Å². The van der Waals surface area contributed by atoms with Gasteiger partial charge in [-0.1, -0.05) is 99.4 Å². The minimum atomic E-state index is -1.94. The van der Waals surface area contributed by atoms with Gasteiger partial charge in [0.05, 0.1) is 73.0 Å². The Balaban J connectivity index is 0.000000292. The van der Waals surface area contributed by atoms with Crippen molar-refractivity contribution >= 4 is 269 Å². The SMILES string of the molecule is C=C(OCC)c1cnc(OC)c2cnc(Cl)cc12.C=[C](C)[Sn]([CH2]CCC)([CH2]CCC)[CH2]CCC.COc1ncc(Br)c2cc(Cl)ncc12.COc1ncc(C(C)(C)O)c2cc(Cl)ncc12.COc1ncc(C(C)=O)c2cc(Cl)ncc12.Clc1cc2c(Br)cnc(Cl)c2cn1.O=c1[nH]cc(Br)c2cc(Cl)ncc12.O=c1[nH]ccc2cc(Cl)ncc12.[Br-].[CH3-].[Mg+2]. The molecular weight excluding hydrogens is 2110 g/mol. The maximum atomic E-state index is 11.4. The molecule has 0 radical (unpaired) electrons. The fourth-order valence-electron chi connectivity index (χ4n) is 12.0. The summed E-state index contributed by atoms with van der Waals surface area (Å²) in [6.07, 6.45) is 30.7. The van der Waals surface area contributed by atoms with Crippen molar-refractivity contribution in [3.05, 3.63) is 252 Å². The summed E-state index contributed by atoms with van der Waals surface area (Å²) in [4.78, 5) is 87.0. The monoisotopic (exact) mass is 2190 g/mol. The predicted octanol–water partition coefficient (Wildman–Crippen LogP) is 22.0. The molecule has 14 aromatic rings. The third-order valence-corrected chi connectivity index (χ3v) is 38.1. The van der Waals surface area contributed by atoms with Crippen molar-refractivity contribution in [1.82, 2.24) is 69.8 Å². The summed E-state index contributed by atoms with van der Waals surface area (Å²) in [5.41, 5.74) is 0.691. The zero-order valence-electron chi connectivity index (χ0n) is 69.0. The largest absolute Gasteiger partial charge is 2.00 e. The van der Waals surface area contributed by atoms with Crippen molar-refractivity contribution in [2.45, 2.75) is 113 Å². The van der Waals surface area contributed by atoms with Crippen LogP contribution >= 0.6 is 141 Å². The van der Waals surface area contributed by atoms with Crippen molar-refractivity contribution in [1.29, 1.82) is 0 Å². The van der Waals surface area contributed by atoms with Gasteiger partial charge in [0.1, 0.15) is 47.0 Å². The van der Waals surface area contributed by atoms with Gasteiger partial charge >= 0.3 is 131 Å². The number of Topliss-reactive ketones (excluding diaryl/α,β-unsaturated/α-hetero) is 1. The van der Waals surface area contributed by atoms with Crippen LogP contribution in [0.5, 0.6) is 23.5 Å². The van der Waals surface area contributed by atoms with E-state index >= 15 is 0 Å². The third-order valence-electron chi connectivity index (χ3n) is 18.1. The summed E-state index contributed by atoms with van der Waals surface area (Å²) < 4.78 is 34.9. The van der Waals surface area contributed by atoms with Crippen molar-refractivity contribution in [2.75, 3.05) is 35.0 Å². The molecule has 0 amide bonds. The van der Waals surface area contributed by atoms with E-state index in [1.54, 1.807) is 169 Å². The molecule has 0 saturated heterocycles. The molecule has 0 saturated carbocycles. The second-order valence-corrected chi connectivity index (χ2v) is 46.2. The summed E-state index contributed by atoms with van der Waals surface area (Å²) in [6.45, 7) is 24.9. The molecule has 0 atom stereocenters. The Morgan fingerprint density at radius 1 is 0.451 bits per heavy atom. The van der Waals surface area contributed by atoms with Gasteiger partial charge in [-0.05, 0) is 135 Å². The van der Waals surface area contributed by atoms with E-state index in [1.165, 1.54) is 71.1 Å². The zero-order valence-corrected chi connectivity index (χ0v) is 85.7. The molecule has 642 valence electrons. The average Bonchev–Trinajstić information content (AvgIpc) is 0.745. The number of methoxy groups -OCH3 is 4. The number of nitrogens with one attached hydrogen (secondary N) is 2. The smallest absolute Gasteiger partial charge is 1.00 e. The van der Waals surface area contributed by atoms with Gasteiger partial charge in [0.2, 0.25) is 23.5 Å². The summed E-state index contributed by atoms with van der Waals surface area (Å²) in [5, 5.41) is 24.0. The number of ether oxygens (including phenoxy) is 5. The van der Waals surface area contributed by atoms with Crippen molar-refractivity contribution in [2.24, 2.45) is 0 Å².